The van der Waals surface area contributed by atoms with Crippen molar-refractivity contribution in [3.8, 4) is 0 Å². The second kappa shape index (κ2) is 11.0. The molecule has 0 aliphatic carbocycles. The first kappa shape index (κ1) is 19.3. The molecule has 0 unspecified atom stereocenters. The summed E-state index contributed by atoms with van der Waals surface area (Å²) in [5, 5.41) is 0. The van der Waals surface area contributed by atoms with Gasteiger partial charge < -0.3 is 23.8 Å². The molecule has 0 rings (SSSR count). The van der Waals surface area contributed by atoms with E-state index >= 15 is 0 Å². The van der Waals surface area contributed by atoms with Crippen molar-refractivity contribution in [1.82, 2.24) is 4.90 Å². The molecule has 120 valence electrons. The second-order valence-corrected chi connectivity index (χ2v) is 5.67. The molecule has 0 atom stereocenters. The van der Waals surface area contributed by atoms with Crippen molar-refractivity contribution in [2.24, 2.45) is 0 Å². The number of ether oxygens (including phenoxy) is 4. The predicted octanol–water partition coefficient (Wildman–Crippen LogP) is 0.940. The number of carbonyl (C=O) groups excluding carboxylic acids is 1. The Morgan fingerprint density at radius 3 is 1.90 bits per heavy atom. The maximum absolute atomic E-state index is 11.3. The van der Waals surface area contributed by atoms with E-state index in [9.17, 15) is 4.79 Å². The van der Waals surface area contributed by atoms with E-state index in [0.29, 0.717) is 33.0 Å². The van der Waals surface area contributed by atoms with Crippen molar-refractivity contribution in [1.29, 1.82) is 0 Å². The minimum absolute atomic E-state index is 0.0417. The number of rotatable bonds is 11. The molecule has 0 aromatic rings. The maximum atomic E-state index is 11.3. The van der Waals surface area contributed by atoms with Crippen molar-refractivity contribution in [3.05, 3.63) is 0 Å². The van der Waals surface area contributed by atoms with Crippen molar-refractivity contribution < 1.29 is 23.7 Å². The number of nitrogens with zero attached hydrogens (tertiary/aromatic N) is 1. The topological polar surface area (TPSA) is 57.2 Å². The molecule has 0 N–H and O–H groups in total. The molecular weight excluding hydrogens is 262 g/mol. The SMILES string of the molecule is CN(C)CCOCCOCCOCC(=O)OC(C)(C)C. The zero-order valence-corrected chi connectivity index (χ0v) is 13.4. The summed E-state index contributed by atoms with van der Waals surface area (Å²) in [5.41, 5.74) is -0.471. The fraction of sp³-hybridized carbons (Fsp3) is 0.929. The second-order valence-electron chi connectivity index (χ2n) is 5.67. The lowest BCUT2D eigenvalue weighted by Crippen LogP contribution is -2.27. The van der Waals surface area contributed by atoms with Gasteiger partial charge in [-0.1, -0.05) is 0 Å². The summed E-state index contributed by atoms with van der Waals surface area (Å²) in [6, 6.07) is 0. The average molecular weight is 291 g/mol. The molecule has 0 aliphatic heterocycles. The van der Waals surface area contributed by atoms with Gasteiger partial charge in [-0.2, -0.15) is 0 Å². The Labute approximate surface area is 122 Å². The highest BCUT2D eigenvalue weighted by atomic mass is 16.6. The molecule has 0 fully saturated rings. The number of likely N-dealkylation sites (N-methyl/N-ethyl adjacent to an activating group) is 1. The quantitative estimate of drug-likeness (QED) is 0.417. The number of hydrogen-bond acceptors (Lipinski definition) is 6. The van der Waals surface area contributed by atoms with E-state index in [1.165, 1.54) is 0 Å². The summed E-state index contributed by atoms with van der Waals surface area (Å²) in [7, 11) is 4.00. The van der Waals surface area contributed by atoms with Crippen LogP contribution in [0.2, 0.25) is 0 Å². The molecule has 0 spiro atoms. The molecule has 0 heterocycles. The summed E-state index contributed by atoms with van der Waals surface area (Å²) in [6.45, 7) is 8.95. The molecule has 6 nitrogen and oxygen atoms in total. The van der Waals surface area contributed by atoms with Gasteiger partial charge in [-0.25, -0.2) is 4.79 Å². The molecule has 20 heavy (non-hydrogen) atoms. The van der Waals surface area contributed by atoms with Gasteiger partial charge in [0.15, 0.2) is 0 Å². The van der Waals surface area contributed by atoms with E-state index in [1.807, 2.05) is 34.9 Å². The minimum atomic E-state index is -0.471. The number of hydrogen-bond donors (Lipinski definition) is 0. The minimum Gasteiger partial charge on any atom is -0.458 e. The summed E-state index contributed by atoms with van der Waals surface area (Å²) >= 11 is 0. The van der Waals surface area contributed by atoms with Gasteiger partial charge in [-0.3, -0.25) is 0 Å². The van der Waals surface area contributed by atoms with Crippen LogP contribution in [0.3, 0.4) is 0 Å². The lowest BCUT2D eigenvalue weighted by molar-refractivity contribution is -0.160. The van der Waals surface area contributed by atoms with E-state index < -0.39 is 5.60 Å². The van der Waals surface area contributed by atoms with Crippen LogP contribution in [0.25, 0.3) is 0 Å². The third kappa shape index (κ3) is 15.4. The molecule has 0 saturated carbocycles. The van der Waals surface area contributed by atoms with Crippen molar-refractivity contribution in [3.63, 3.8) is 0 Å². The highest BCUT2D eigenvalue weighted by Gasteiger charge is 2.15. The van der Waals surface area contributed by atoms with E-state index in [4.69, 9.17) is 18.9 Å². The number of esters is 1. The summed E-state index contributed by atoms with van der Waals surface area (Å²) < 4.78 is 20.9. The fourth-order valence-corrected chi connectivity index (χ4v) is 1.21. The Kier molecular flexibility index (Phi) is 10.6. The molecule has 0 aliphatic rings. The van der Waals surface area contributed by atoms with E-state index in [1.54, 1.807) is 0 Å². The molecule has 0 radical (unpaired) electrons. The molecular formula is C14H29NO5. The highest BCUT2D eigenvalue weighted by molar-refractivity contribution is 5.71. The summed E-state index contributed by atoms with van der Waals surface area (Å²) in [5.74, 6) is -0.357. The van der Waals surface area contributed by atoms with Crippen molar-refractivity contribution in [2.45, 2.75) is 26.4 Å². The molecule has 0 aromatic heterocycles. The lowest BCUT2D eigenvalue weighted by Gasteiger charge is -2.19. The fourth-order valence-electron chi connectivity index (χ4n) is 1.21. The van der Waals surface area contributed by atoms with Gasteiger partial charge in [0.1, 0.15) is 12.2 Å². The van der Waals surface area contributed by atoms with Crippen molar-refractivity contribution >= 4 is 5.97 Å². The van der Waals surface area contributed by atoms with Crippen LogP contribution >= 0.6 is 0 Å². The van der Waals surface area contributed by atoms with Crippen LogP contribution in [0.4, 0.5) is 0 Å². The van der Waals surface area contributed by atoms with Gasteiger partial charge in [-0.05, 0) is 34.9 Å². The Hall–Kier alpha value is -0.690. The zero-order valence-electron chi connectivity index (χ0n) is 13.4. The molecule has 0 aromatic carbocycles. The summed E-state index contributed by atoms with van der Waals surface area (Å²) in [6.07, 6.45) is 0. The van der Waals surface area contributed by atoms with Gasteiger partial charge in [0.05, 0.1) is 33.0 Å². The first-order valence-corrected chi connectivity index (χ1v) is 6.91. The maximum Gasteiger partial charge on any atom is 0.332 e. The van der Waals surface area contributed by atoms with Crippen LogP contribution in [0.15, 0.2) is 0 Å². The van der Waals surface area contributed by atoms with Gasteiger partial charge in [0, 0.05) is 6.54 Å². The average Bonchev–Trinajstić information content (AvgIpc) is 2.28. The smallest absolute Gasteiger partial charge is 0.332 e. The first-order valence-electron chi connectivity index (χ1n) is 6.91. The van der Waals surface area contributed by atoms with Crippen LogP contribution < -0.4 is 0 Å². The Morgan fingerprint density at radius 2 is 1.40 bits per heavy atom. The van der Waals surface area contributed by atoms with E-state index in [0.717, 1.165) is 6.54 Å². The van der Waals surface area contributed by atoms with Gasteiger partial charge in [0.25, 0.3) is 0 Å². The van der Waals surface area contributed by atoms with Crippen LogP contribution in [0.1, 0.15) is 20.8 Å². The zero-order chi connectivity index (χ0) is 15.4. The third-order valence-corrected chi connectivity index (χ3v) is 2.07. The number of carbonyl (C=O) groups is 1. The summed E-state index contributed by atoms with van der Waals surface area (Å²) in [4.78, 5) is 13.4. The lowest BCUT2D eigenvalue weighted by atomic mass is 10.2. The molecule has 0 amide bonds. The molecule has 0 bridgehead atoms. The predicted molar refractivity (Wildman–Crippen MR) is 76.9 cm³/mol. The van der Waals surface area contributed by atoms with Crippen LogP contribution in [-0.2, 0) is 23.7 Å². The highest BCUT2D eigenvalue weighted by Crippen LogP contribution is 2.06. The molecule has 6 heteroatoms. The Balaban J connectivity index is 3.23. The largest absolute Gasteiger partial charge is 0.458 e. The van der Waals surface area contributed by atoms with E-state index in [-0.39, 0.29) is 12.6 Å². The third-order valence-electron chi connectivity index (χ3n) is 2.07. The van der Waals surface area contributed by atoms with E-state index in [2.05, 4.69) is 4.90 Å². The van der Waals surface area contributed by atoms with Crippen molar-refractivity contribution in [2.75, 3.05) is 60.3 Å². The first-order chi connectivity index (χ1) is 9.31. The van der Waals surface area contributed by atoms with Gasteiger partial charge in [-0.15, -0.1) is 0 Å². The standard InChI is InChI=1S/C14H29NO5/c1-14(2,3)20-13(16)12-19-11-10-18-9-8-17-7-6-15(4)5/h6-12H2,1-5H3. The normalized spacial score (nSPS) is 11.9. The van der Waals surface area contributed by atoms with Gasteiger partial charge >= 0.3 is 5.97 Å². The Morgan fingerprint density at radius 1 is 0.900 bits per heavy atom. The molecule has 0 saturated heterocycles. The monoisotopic (exact) mass is 291 g/mol. The van der Waals surface area contributed by atoms with Crippen LogP contribution in [0, 0.1) is 0 Å². The van der Waals surface area contributed by atoms with Gasteiger partial charge in [0.2, 0.25) is 0 Å². The Bertz CT molecular complexity index is 250. The van der Waals surface area contributed by atoms with Crippen LogP contribution in [-0.4, -0.2) is 76.8 Å². The van der Waals surface area contributed by atoms with Crippen LogP contribution in [0.5, 0.6) is 0 Å².